The molecule has 1 fully saturated rings. The molecule has 1 aromatic carbocycles. The smallest absolute Gasteiger partial charge is 0.309 e. The van der Waals surface area contributed by atoms with Crippen LogP contribution in [-0.4, -0.2) is 12.6 Å². The lowest BCUT2D eigenvalue weighted by Gasteiger charge is -2.15. The molecule has 0 aromatic heterocycles. The average Bonchev–Trinajstić information content (AvgIpc) is 3.25. The van der Waals surface area contributed by atoms with Crippen molar-refractivity contribution in [1.29, 1.82) is 0 Å². The van der Waals surface area contributed by atoms with Gasteiger partial charge in [-0.25, -0.2) is 0 Å². The first-order chi connectivity index (χ1) is 10.1. The van der Waals surface area contributed by atoms with E-state index in [1.165, 1.54) is 34.9 Å². The lowest BCUT2D eigenvalue weighted by atomic mass is 9.94. The van der Waals surface area contributed by atoms with E-state index < -0.39 is 0 Å². The number of rotatable bonds is 8. The van der Waals surface area contributed by atoms with Crippen molar-refractivity contribution in [2.24, 2.45) is 11.8 Å². The van der Waals surface area contributed by atoms with Gasteiger partial charge in [0.15, 0.2) is 0 Å². The third kappa shape index (κ3) is 5.14. The van der Waals surface area contributed by atoms with Gasteiger partial charge in [0.05, 0.1) is 12.5 Å². The quantitative estimate of drug-likeness (QED) is 0.620. The average molecular weight is 353 g/mol. The van der Waals surface area contributed by atoms with Gasteiger partial charge in [-0.05, 0) is 62.1 Å². The normalized spacial score (nSPS) is 15.8. The number of hydrogen-bond donors (Lipinski definition) is 0. The molecule has 1 aliphatic rings. The second kappa shape index (κ2) is 7.98. The fourth-order valence-electron chi connectivity index (χ4n) is 2.71. The van der Waals surface area contributed by atoms with Gasteiger partial charge in [0, 0.05) is 4.47 Å². The molecule has 1 unspecified atom stereocenters. The second-order valence-corrected chi connectivity index (χ2v) is 6.87. The van der Waals surface area contributed by atoms with Crippen molar-refractivity contribution in [2.45, 2.75) is 52.4 Å². The molecule has 2 rings (SSSR count). The van der Waals surface area contributed by atoms with E-state index in [0.717, 1.165) is 25.2 Å². The number of carbonyl (C=O) groups excluding carboxylic acids is 1. The maximum Gasteiger partial charge on any atom is 0.309 e. The molecule has 116 valence electrons. The summed E-state index contributed by atoms with van der Waals surface area (Å²) < 4.78 is 6.38. The van der Waals surface area contributed by atoms with Crippen LogP contribution in [0, 0.1) is 11.8 Å². The molecule has 1 atom stereocenters. The molecule has 2 nitrogen and oxygen atoms in total. The van der Waals surface area contributed by atoms with Gasteiger partial charge in [0.25, 0.3) is 0 Å². The van der Waals surface area contributed by atoms with Crippen molar-refractivity contribution in [1.82, 2.24) is 0 Å². The van der Waals surface area contributed by atoms with Gasteiger partial charge in [0.2, 0.25) is 0 Å². The van der Waals surface area contributed by atoms with Crippen LogP contribution in [-0.2, 0) is 22.4 Å². The largest absolute Gasteiger partial charge is 0.466 e. The summed E-state index contributed by atoms with van der Waals surface area (Å²) in [6.07, 6.45) is 6.59. The Morgan fingerprint density at radius 1 is 1.38 bits per heavy atom. The van der Waals surface area contributed by atoms with E-state index in [1.54, 1.807) is 0 Å². The van der Waals surface area contributed by atoms with Crippen LogP contribution >= 0.6 is 15.9 Å². The first-order valence-electron chi connectivity index (χ1n) is 8.08. The number of ether oxygens (including phenoxy) is 1. The van der Waals surface area contributed by atoms with Crippen LogP contribution in [0.4, 0.5) is 0 Å². The van der Waals surface area contributed by atoms with Crippen molar-refractivity contribution in [2.75, 3.05) is 6.61 Å². The predicted molar refractivity (Wildman–Crippen MR) is 89.3 cm³/mol. The zero-order chi connectivity index (χ0) is 15.2. The highest BCUT2D eigenvalue weighted by Gasteiger charge is 2.23. The van der Waals surface area contributed by atoms with Crippen molar-refractivity contribution in [3.05, 3.63) is 33.8 Å². The van der Waals surface area contributed by atoms with Crippen molar-refractivity contribution in [3.8, 4) is 0 Å². The number of benzene rings is 1. The van der Waals surface area contributed by atoms with E-state index in [1.807, 2.05) is 6.92 Å². The Morgan fingerprint density at radius 2 is 2.14 bits per heavy atom. The highest BCUT2D eigenvalue weighted by atomic mass is 79.9. The van der Waals surface area contributed by atoms with Crippen LogP contribution in [0.2, 0.25) is 0 Å². The van der Waals surface area contributed by atoms with Gasteiger partial charge in [-0.1, -0.05) is 41.4 Å². The summed E-state index contributed by atoms with van der Waals surface area (Å²) in [6.45, 7) is 4.44. The Balaban J connectivity index is 2.01. The number of hydrogen-bond acceptors (Lipinski definition) is 2. The Hall–Kier alpha value is -0.830. The molecule has 0 heterocycles. The Labute approximate surface area is 136 Å². The lowest BCUT2D eigenvalue weighted by Crippen LogP contribution is -2.20. The monoisotopic (exact) mass is 352 g/mol. The molecule has 1 saturated carbocycles. The topological polar surface area (TPSA) is 26.3 Å². The highest BCUT2D eigenvalue weighted by Crippen LogP contribution is 2.35. The standard InChI is InChI=1S/C18H25BrO2/c1-3-5-16(18(20)21-4-2)11-14-8-9-15(17(19)12-14)10-13-6-7-13/h8-9,12-13,16H,3-7,10-11H2,1-2H3. The second-order valence-electron chi connectivity index (χ2n) is 6.02. The minimum atomic E-state index is -0.0578. The molecule has 21 heavy (non-hydrogen) atoms. The van der Waals surface area contributed by atoms with Crippen LogP contribution in [0.1, 0.15) is 50.7 Å². The van der Waals surface area contributed by atoms with E-state index in [0.29, 0.717) is 6.61 Å². The van der Waals surface area contributed by atoms with E-state index >= 15 is 0 Å². The van der Waals surface area contributed by atoms with Gasteiger partial charge >= 0.3 is 5.97 Å². The maximum absolute atomic E-state index is 12.0. The molecular formula is C18H25BrO2. The lowest BCUT2D eigenvalue weighted by molar-refractivity contribution is -0.148. The summed E-state index contributed by atoms with van der Waals surface area (Å²) in [5, 5.41) is 0. The zero-order valence-electron chi connectivity index (χ0n) is 13.0. The minimum Gasteiger partial charge on any atom is -0.466 e. The van der Waals surface area contributed by atoms with Crippen LogP contribution in [0.5, 0.6) is 0 Å². The third-order valence-electron chi connectivity index (χ3n) is 4.06. The first kappa shape index (κ1) is 16.5. The summed E-state index contributed by atoms with van der Waals surface area (Å²) >= 11 is 3.68. The van der Waals surface area contributed by atoms with Crippen LogP contribution < -0.4 is 0 Å². The molecule has 0 saturated heterocycles. The Kier molecular flexibility index (Phi) is 6.28. The molecule has 0 aliphatic heterocycles. The predicted octanol–water partition coefficient (Wildman–Crippen LogP) is 4.92. The molecular weight excluding hydrogens is 328 g/mol. The fraction of sp³-hybridized carbons (Fsp3) is 0.611. The summed E-state index contributed by atoms with van der Waals surface area (Å²) in [4.78, 5) is 12.0. The summed E-state index contributed by atoms with van der Waals surface area (Å²) in [5.41, 5.74) is 2.61. The Morgan fingerprint density at radius 3 is 2.71 bits per heavy atom. The first-order valence-corrected chi connectivity index (χ1v) is 8.87. The fourth-order valence-corrected chi connectivity index (χ4v) is 3.30. The zero-order valence-corrected chi connectivity index (χ0v) is 14.6. The van der Waals surface area contributed by atoms with Gasteiger partial charge in [0.1, 0.15) is 0 Å². The molecule has 1 aliphatic carbocycles. The maximum atomic E-state index is 12.0. The van der Waals surface area contributed by atoms with Crippen LogP contribution in [0.25, 0.3) is 0 Å². The van der Waals surface area contributed by atoms with Crippen molar-refractivity contribution in [3.63, 3.8) is 0 Å². The minimum absolute atomic E-state index is 0.0175. The van der Waals surface area contributed by atoms with Gasteiger partial charge in [-0.3, -0.25) is 4.79 Å². The van der Waals surface area contributed by atoms with E-state index in [9.17, 15) is 4.79 Å². The van der Waals surface area contributed by atoms with Crippen molar-refractivity contribution >= 4 is 21.9 Å². The van der Waals surface area contributed by atoms with E-state index in [-0.39, 0.29) is 11.9 Å². The number of halogens is 1. The molecule has 0 amide bonds. The molecule has 0 spiro atoms. The van der Waals surface area contributed by atoms with Crippen LogP contribution in [0.3, 0.4) is 0 Å². The van der Waals surface area contributed by atoms with Gasteiger partial charge in [-0.2, -0.15) is 0 Å². The summed E-state index contributed by atoms with van der Waals surface area (Å²) in [5.74, 6) is 0.813. The van der Waals surface area contributed by atoms with Crippen LogP contribution in [0.15, 0.2) is 22.7 Å². The third-order valence-corrected chi connectivity index (χ3v) is 4.80. The number of carbonyl (C=O) groups is 1. The van der Waals surface area contributed by atoms with Gasteiger partial charge in [-0.15, -0.1) is 0 Å². The summed E-state index contributed by atoms with van der Waals surface area (Å²) in [7, 11) is 0. The van der Waals surface area contributed by atoms with Gasteiger partial charge < -0.3 is 4.74 Å². The molecule has 1 aromatic rings. The molecule has 0 bridgehead atoms. The number of esters is 1. The SMILES string of the molecule is CCCC(Cc1ccc(CC2CC2)c(Br)c1)C(=O)OCC. The Bertz CT molecular complexity index is 480. The van der Waals surface area contributed by atoms with Crippen molar-refractivity contribution < 1.29 is 9.53 Å². The molecule has 0 radical (unpaired) electrons. The highest BCUT2D eigenvalue weighted by molar-refractivity contribution is 9.10. The summed E-state index contributed by atoms with van der Waals surface area (Å²) in [6, 6.07) is 6.57. The molecule has 0 N–H and O–H groups in total. The molecule has 3 heteroatoms. The van der Waals surface area contributed by atoms with E-state index in [4.69, 9.17) is 4.74 Å². The van der Waals surface area contributed by atoms with E-state index in [2.05, 4.69) is 41.1 Å².